The van der Waals surface area contributed by atoms with Crippen LogP contribution in [0.3, 0.4) is 0 Å². The Bertz CT molecular complexity index is 84.7. The quantitative estimate of drug-likeness (QED) is 0.419. The molecule has 0 aromatic rings. The lowest BCUT2D eigenvalue weighted by Crippen LogP contribution is -2.12. The van der Waals surface area contributed by atoms with Crippen molar-refractivity contribution in [3.63, 3.8) is 0 Å². The van der Waals surface area contributed by atoms with Gasteiger partial charge in [0.25, 0.3) is 0 Å². The summed E-state index contributed by atoms with van der Waals surface area (Å²) in [6, 6.07) is 0. The van der Waals surface area contributed by atoms with Gasteiger partial charge in [-0.2, -0.15) is 0 Å². The van der Waals surface area contributed by atoms with Crippen molar-refractivity contribution in [1.29, 1.82) is 0 Å². The van der Waals surface area contributed by atoms with Crippen molar-refractivity contribution in [2.24, 2.45) is 0 Å². The van der Waals surface area contributed by atoms with Crippen LogP contribution in [0.5, 0.6) is 0 Å². The number of unbranched alkanes of at least 4 members (excludes halogenated alkanes) is 2. The first-order chi connectivity index (χ1) is 4.77. The van der Waals surface area contributed by atoms with E-state index < -0.39 is 0 Å². The highest BCUT2D eigenvalue weighted by Crippen LogP contribution is 1.96. The molecule has 0 N–H and O–H groups in total. The van der Waals surface area contributed by atoms with E-state index in [9.17, 15) is 0 Å². The molecule has 0 aromatic heterocycles. The van der Waals surface area contributed by atoms with E-state index in [4.69, 9.17) is 0 Å². The van der Waals surface area contributed by atoms with Crippen LogP contribution in [-0.2, 0) is 0 Å². The summed E-state index contributed by atoms with van der Waals surface area (Å²) in [6.07, 6.45) is 8.23. The Morgan fingerprint density at radius 1 is 1.20 bits per heavy atom. The Kier molecular flexibility index (Phi) is 6.61. The van der Waals surface area contributed by atoms with Crippen LogP contribution < -0.4 is 0 Å². The molecule has 0 aliphatic carbocycles. The number of rotatable bonds is 5. The number of nitrogens with zero attached hydrogens (tertiary/aromatic N) is 1. The highest BCUT2D eigenvalue weighted by atomic mass is 15.0. The van der Waals surface area contributed by atoms with Gasteiger partial charge in [0.1, 0.15) is 0 Å². The van der Waals surface area contributed by atoms with Crippen molar-refractivity contribution in [3.8, 4) is 0 Å². The lowest BCUT2D eigenvalue weighted by molar-refractivity contribution is 0.395. The molecule has 0 radical (unpaired) electrons. The van der Waals surface area contributed by atoms with E-state index in [1.54, 1.807) is 0 Å². The van der Waals surface area contributed by atoms with Crippen LogP contribution in [0.15, 0.2) is 12.2 Å². The summed E-state index contributed by atoms with van der Waals surface area (Å²) in [5, 5.41) is 0. The van der Waals surface area contributed by atoms with Gasteiger partial charge in [-0.05, 0) is 46.8 Å². The lowest BCUT2D eigenvalue weighted by Gasteiger charge is -2.07. The average Bonchev–Trinajstić information content (AvgIpc) is 1.87. The van der Waals surface area contributed by atoms with E-state index in [0.29, 0.717) is 0 Å². The molecule has 0 atom stereocenters. The highest BCUT2D eigenvalue weighted by Gasteiger charge is 1.87. The van der Waals surface area contributed by atoms with Crippen LogP contribution in [0.1, 0.15) is 26.2 Å². The molecule has 0 heterocycles. The third kappa shape index (κ3) is 7.70. The summed E-state index contributed by atoms with van der Waals surface area (Å²) in [7, 11) is 4.24. The second-order valence-corrected chi connectivity index (χ2v) is 2.87. The normalized spacial score (nSPS) is 11.6. The van der Waals surface area contributed by atoms with Crippen LogP contribution in [0.4, 0.5) is 0 Å². The predicted octanol–water partition coefficient (Wildman–Crippen LogP) is 2.29. The average molecular weight is 141 g/mol. The van der Waals surface area contributed by atoms with Crippen molar-refractivity contribution < 1.29 is 0 Å². The van der Waals surface area contributed by atoms with Gasteiger partial charge in [-0.25, -0.2) is 0 Å². The topological polar surface area (TPSA) is 3.24 Å². The molecule has 0 bridgehead atoms. The zero-order chi connectivity index (χ0) is 7.82. The first-order valence-corrected chi connectivity index (χ1v) is 4.03. The van der Waals surface area contributed by atoms with E-state index in [0.717, 1.165) is 0 Å². The molecular weight excluding hydrogens is 122 g/mol. The van der Waals surface area contributed by atoms with Crippen molar-refractivity contribution in [3.05, 3.63) is 12.2 Å². The molecule has 0 saturated carbocycles. The molecule has 0 unspecified atom stereocenters. The largest absolute Gasteiger partial charge is 0.309 e. The third-order valence-corrected chi connectivity index (χ3v) is 1.46. The van der Waals surface area contributed by atoms with E-state index in [1.807, 2.05) is 0 Å². The fraction of sp³-hybridized carbons (Fsp3) is 0.778. The Morgan fingerprint density at radius 2 is 1.90 bits per heavy atom. The zero-order valence-electron chi connectivity index (χ0n) is 7.43. The minimum atomic E-state index is 1.22. The Morgan fingerprint density at radius 3 is 2.40 bits per heavy atom. The minimum Gasteiger partial charge on any atom is -0.309 e. The second kappa shape index (κ2) is 6.81. The molecule has 0 aliphatic heterocycles. The monoisotopic (exact) mass is 141 g/mol. The standard InChI is InChI=1S/C9H19N/c1-4-5-6-7-8-9-10(2)3/h4-5H,6-9H2,1-3H3. The summed E-state index contributed by atoms with van der Waals surface area (Å²) in [6.45, 7) is 3.30. The van der Waals surface area contributed by atoms with Gasteiger partial charge < -0.3 is 4.90 Å². The zero-order valence-corrected chi connectivity index (χ0v) is 7.43. The summed E-state index contributed by atoms with van der Waals surface area (Å²) < 4.78 is 0. The summed E-state index contributed by atoms with van der Waals surface area (Å²) >= 11 is 0. The molecule has 0 spiro atoms. The highest BCUT2D eigenvalue weighted by molar-refractivity contribution is 4.76. The van der Waals surface area contributed by atoms with Gasteiger partial charge in [-0.3, -0.25) is 0 Å². The second-order valence-electron chi connectivity index (χ2n) is 2.87. The molecule has 0 aromatic carbocycles. The number of hydrogen-bond acceptors (Lipinski definition) is 1. The van der Waals surface area contributed by atoms with E-state index in [2.05, 4.69) is 38.1 Å². The molecule has 60 valence electrons. The molecule has 0 amide bonds. The predicted molar refractivity (Wildman–Crippen MR) is 47.2 cm³/mol. The lowest BCUT2D eigenvalue weighted by atomic mass is 10.2. The van der Waals surface area contributed by atoms with Gasteiger partial charge in [0.2, 0.25) is 0 Å². The molecule has 0 aliphatic rings. The van der Waals surface area contributed by atoms with Gasteiger partial charge in [0.15, 0.2) is 0 Å². The summed E-state index contributed by atoms with van der Waals surface area (Å²) in [5.41, 5.74) is 0. The molecule has 1 heteroatoms. The van der Waals surface area contributed by atoms with E-state index in [1.165, 1.54) is 25.8 Å². The van der Waals surface area contributed by atoms with E-state index in [-0.39, 0.29) is 0 Å². The van der Waals surface area contributed by atoms with E-state index >= 15 is 0 Å². The maximum atomic E-state index is 2.23. The van der Waals surface area contributed by atoms with Crippen LogP contribution in [0.25, 0.3) is 0 Å². The minimum absolute atomic E-state index is 1.22. The summed E-state index contributed by atoms with van der Waals surface area (Å²) in [5.74, 6) is 0. The Labute approximate surface area is 64.7 Å². The van der Waals surface area contributed by atoms with Gasteiger partial charge in [0.05, 0.1) is 0 Å². The Hall–Kier alpha value is -0.300. The maximum absolute atomic E-state index is 2.23. The van der Waals surface area contributed by atoms with Crippen LogP contribution in [0.2, 0.25) is 0 Å². The smallest absolute Gasteiger partial charge is 0.00247 e. The molecule has 1 nitrogen and oxygen atoms in total. The van der Waals surface area contributed by atoms with Crippen LogP contribution in [0, 0.1) is 0 Å². The van der Waals surface area contributed by atoms with Crippen molar-refractivity contribution in [2.75, 3.05) is 20.6 Å². The molecule has 0 fully saturated rings. The van der Waals surface area contributed by atoms with Gasteiger partial charge in [-0.1, -0.05) is 12.2 Å². The van der Waals surface area contributed by atoms with Crippen molar-refractivity contribution in [2.45, 2.75) is 26.2 Å². The first kappa shape index (κ1) is 9.70. The Balaban J connectivity index is 2.91. The summed E-state index contributed by atoms with van der Waals surface area (Å²) in [4.78, 5) is 2.23. The fourth-order valence-electron chi connectivity index (χ4n) is 0.857. The maximum Gasteiger partial charge on any atom is -0.00247 e. The SMILES string of the molecule is CC=CCCCCN(C)C. The van der Waals surface area contributed by atoms with Gasteiger partial charge in [-0.15, -0.1) is 0 Å². The van der Waals surface area contributed by atoms with Crippen molar-refractivity contribution in [1.82, 2.24) is 4.90 Å². The van der Waals surface area contributed by atoms with Crippen LogP contribution >= 0.6 is 0 Å². The molecular formula is C9H19N. The third-order valence-electron chi connectivity index (χ3n) is 1.46. The first-order valence-electron chi connectivity index (χ1n) is 4.03. The number of hydrogen-bond donors (Lipinski definition) is 0. The molecule has 0 rings (SSSR count). The van der Waals surface area contributed by atoms with Gasteiger partial charge in [0, 0.05) is 0 Å². The fourth-order valence-corrected chi connectivity index (χ4v) is 0.857. The molecule has 0 saturated heterocycles. The van der Waals surface area contributed by atoms with Gasteiger partial charge >= 0.3 is 0 Å². The molecule has 10 heavy (non-hydrogen) atoms. The number of allylic oxidation sites excluding steroid dienone is 2. The van der Waals surface area contributed by atoms with Crippen LogP contribution in [-0.4, -0.2) is 25.5 Å². The van der Waals surface area contributed by atoms with Crippen molar-refractivity contribution >= 4 is 0 Å².